The van der Waals surface area contributed by atoms with Crippen LogP contribution in [0.3, 0.4) is 0 Å². The van der Waals surface area contributed by atoms with E-state index in [1.54, 1.807) is 37.3 Å². The molecule has 9 nitrogen and oxygen atoms in total. The van der Waals surface area contributed by atoms with E-state index in [1.165, 1.54) is 30.5 Å². The largest absolute Gasteiger partial charge is 0.490 e. The van der Waals surface area contributed by atoms with Crippen LogP contribution >= 0.6 is 27.5 Å². The van der Waals surface area contributed by atoms with Gasteiger partial charge in [0.2, 0.25) is 0 Å². The lowest BCUT2D eigenvalue weighted by Crippen LogP contribution is -2.18. The lowest BCUT2D eigenvalue weighted by atomic mass is 10.2. The Kier molecular flexibility index (Phi) is 10.4. The molecule has 0 aliphatic heterocycles. The second-order valence-corrected chi connectivity index (χ2v) is 10.3. The quantitative estimate of drug-likeness (QED) is 0.153. The van der Waals surface area contributed by atoms with E-state index in [0.717, 1.165) is 0 Å². The third-order valence-electron chi connectivity index (χ3n) is 4.81. The molecule has 0 aliphatic carbocycles. The highest BCUT2D eigenvalue weighted by molar-refractivity contribution is 9.10. The molecule has 0 saturated carbocycles. The number of carbonyl (C=O) groups is 1. The fourth-order valence-electron chi connectivity index (χ4n) is 3.19. The molecule has 0 atom stereocenters. The van der Waals surface area contributed by atoms with E-state index >= 15 is 0 Å². The summed E-state index contributed by atoms with van der Waals surface area (Å²) in [6.45, 7) is 6.58. The maximum Gasteiger partial charge on any atom is 0.339 e. The molecule has 0 bridgehead atoms. The van der Waals surface area contributed by atoms with Gasteiger partial charge in [-0.3, -0.25) is 4.79 Å². The standard InChI is InChI=1S/C26H26BrClN2O7S/c1-4-34-22-12-7-18(15-23(22)35-5-2)26(31)30-29-16-17-13-21(27)25(24(14-17)36-6-3)37-38(32,33)20-10-8-19(28)9-11-20/h7-16H,4-6H2,1-3H3,(H,30,31)/b29-16+. The van der Waals surface area contributed by atoms with Crippen LogP contribution in [-0.2, 0) is 10.1 Å². The SMILES string of the molecule is CCOc1ccc(C(=O)N/N=C/c2cc(Br)c(OS(=O)(=O)c3ccc(Cl)cc3)c(OCC)c2)cc1OCC. The van der Waals surface area contributed by atoms with E-state index in [4.69, 9.17) is 30.0 Å². The first kappa shape index (κ1) is 29.3. The van der Waals surface area contributed by atoms with Gasteiger partial charge in [0.15, 0.2) is 23.0 Å². The fourth-order valence-corrected chi connectivity index (χ4v) is 4.92. The minimum Gasteiger partial charge on any atom is -0.490 e. The summed E-state index contributed by atoms with van der Waals surface area (Å²) in [4.78, 5) is 12.5. The van der Waals surface area contributed by atoms with Crippen LogP contribution in [0.4, 0.5) is 0 Å². The van der Waals surface area contributed by atoms with E-state index in [2.05, 4.69) is 26.5 Å². The number of hydrazone groups is 1. The Morgan fingerprint density at radius 3 is 2.21 bits per heavy atom. The smallest absolute Gasteiger partial charge is 0.339 e. The number of carbonyl (C=O) groups excluding carboxylic acids is 1. The first-order valence-corrected chi connectivity index (χ1v) is 14.2. The lowest BCUT2D eigenvalue weighted by molar-refractivity contribution is 0.0954. The Hall–Kier alpha value is -3.28. The van der Waals surface area contributed by atoms with Crippen LogP contribution in [0, 0.1) is 0 Å². The van der Waals surface area contributed by atoms with Gasteiger partial charge >= 0.3 is 10.1 Å². The molecule has 0 radical (unpaired) electrons. The predicted octanol–water partition coefficient (Wildman–Crippen LogP) is 5.83. The summed E-state index contributed by atoms with van der Waals surface area (Å²) in [5.74, 6) is 0.688. The fraction of sp³-hybridized carbons (Fsp3) is 0.231. The van der Waals surface area contributed by atoms with E-state index in [9.17, 15) is 13.2 Å². The van der Waals surface area contributed by atoms with Crippen molar-refractivity contribution < 1.29 is 31.6 Å². The molecule has 38 heavy (non-hydrogen) atoms. The van der Waals surface area contributed by atoms with Gasteiger partial charge in [-0.15, -0.1) is 0 Å². The van der Waals surface area contributed by atoms with Gasteiger partial charge in [0.1, 0.15) is 4.90 Å². The maximum absolute atomic E-state index is 12.8. The van der Waals surface area contributed by atoms with Crippen LogP contribution in [0.25, 0.3) is 0 Å². The lowest BCUT2D eigenvalue weighted by Gasteiger charge is -2.14. The Morgan fingerprint density at radius 2 is 1.55 bits per heavy atom. The molecule has 3 aromatic carbocycles. The summed E-state index contributed by atoms with van der Waals surface area (Å²) in [6, 6.07) is 13.6. The number of rotatable bonds is 12. The van der Waals surface area contributed by atoms with Crippen LogP contribution in [-0.4, -0.2) is 40.4 Å². The van der Waals surface area contributed by atoms with Crippen LogP contribution in [0.2, 0.25) is 5.02 Å². The van der Waals surface area contributed by atoms with Crippen LogP contribution in [0.1, 0.15) is 36.7 Å². The zero-order valence-corrected chi connectivity index (χ0v) is 24.0. The number of nitrogens with zero attached hydrogens (tertiary/aromatic N) is 1. The van der Waals surface area contributed by atoms with Crippen molar-refractivity contribution in [2.45, 2.75) is 25.7 Å². The van der Waals surface area contributed by atoms with E-state index in [0.29, 0.717) is 45.3 Å². The maximum atomic E-state index is 12.8. The Bertz CT molecular complexity index is 1410. The molecule has 0 heterocycles. The molecule has 1 N–H and O–H groups in total. The topological polar surface area (TPSA) is 113 Å². The van der Waals surface area contributed by atoms with Gasteiger partial charge in [0.05, 0.1) is 30.5 Å². The normalized spacial score (nSPS) is 11.3. The Balaban J connectivity index is 1.79. The van der Waals surface area contributed by atoms with Crippen LogP contribution in [0.15, 0.2) is 69.1 Å². The second-order valence-electron chi connectivity index (χ2n) is 7.48. The number of ether oxygens (including phenoxy) is 3. The number of benzene rings is 3. The zero-order valence-electron chi connectivity index (χ0n) is 20.9. The molecule has 12 heteroatoms. The highest BCUT2D eigenvalue weighted by Gasteiger charge is 2.22. The minimum atomic E-state index is -4.16. The third kappa shape index (κ3) is 7.62. The van der Waals surface area contributed by atoms with Crippen molar-refractivity contribution >= 4 is 49.8 Å². The molecular formula is C26H26BrClN2O7S. The van der Waals surface area contributed by atoms with Crippen molar-refractivity contribution in [3.63, 3.8) is 0 Å². The van der Waals surface area contributed by atoms with Crippen molar-refractivity contribution in [1.82, 2.24) is 5.43 Å². The van der Waals surface area contributed by atoms with Gasteiger partial charge in [0, 0.05) is 10.6 Å². The highest BCUT2D eigenvalue weighted by Crippen LogP contribution is 2.38. The Labute approximate surface area is 235 Å². The van der Waals surface area contributed by atoms with Gasteiger partial charge in [-0.05, 0) is 96.9 Å². The molecule has 0 aliphatic rings. The van der Waals surface area contributed by atoms with E-state index in [1.807, 2.05) is 13.8 Å². The van der Waals surface area contributed by atoms with Crippen LogP contribution < -0.4 is 23.8 Å². The Morgan fingerprint density at radius 1 is 0.921 bits per heavy atom. The average molecular weight is 626 g/mol. The number of nitrogens with one attached hydrogen (secondary N) is 1. The number of hydrogen-bond donors (Lipinski definition) is 1. The molecule has 3 rings (SSSR count). The number of halogens is 2. The van der Waals surface area contributed by atoms with Gasteiger partial charge in [-0.25, -0.2) is 5.43 Å². The summed E-state index contributed by atoms with van der Waals surface area (Å²) in [5, 5.41) is 4.41. The molecule has 0 spiro atoms. The van der Waals surface area contributed by atoms with Crippen LogP contribution in [0.5, 0.6) is 23.0 Å². The number of amides is 1. The first-order valence-electron chi connectivity index (χ1n) is 11.6. The average Bonchev–Trinajstić information content (AvgIpc) is 2.88. The third-order valence-corrected chi connectivity index (χ3v) is 6.89. The summed E-state index contributed by atoms with van der Waals surface area (Å²) >= 11 is 9.19. The molecular weight excluding hydrogens is 600 g/mol. The molecule has 202 valence electrons. The van der Waals surface area contributed by atoms with Gasteiger partial charge in [-0.1, -0.05) is 11.6 Å². The molecule has 0 saturated heterocycles. The second kappa shape index (κ2) is 13.5. The zero-order chi connectivity index (χ0) is 27.7. The van der Waals surface area contributed by atoms with E-state index < -0.39 is 16.0 Å². The van der Waals surface area contributed by atoms with E-state index in [-0.39, 0.29) is 23.0 Å². The summed E-state index contributed by atoms with van der Waals surface area (Å²) in [7, 11) is -4.16. The van der Waals surface area contributed by atoms with Crippen molar-refractivity contribution in [3.05, 3.63) is 75.2 Å². The molecule has 1 amide bonds. The molecule has 0 unspecified atom stereocenters. The predicted molar refractivity (Wildman–Crippen MR) is 148 cm³/mol. The summed E-state index contributed by atoms with van der Waals surface area (Å²) in [6.07, 6.45) is 1.39. The van der Waals surface area contributed by atoms with Crippen molar-refractivity contribution in [2.24, 2.45) is 5.10 Å². The molecule has 3 aromatic rings. The van der Waals surface area contributed by atoms with Crippen molar-refractivity contribution in [2.75, 3.05) is 19.8 Å². The van der Waals surface area contributed by atoms with Gasteiger partial charge < -0.3 is 18.4 Å². The van der Waals surface area contributed by atoms with Gasteiger partial charge in [-0.2, -0.15) is 13.5 Å². The molecule has 0 aromatic heterocycles. The highest BCUT2D eigenvalue weighted by atomic mass is 79.9. The monoisotopic (exact) mass is 624 g/mol. The molecule has 0 fully saturated rings. The number of hydrogen-bond acceptors (Lipinski definition) is 8. The minimum absolute atomic E-state index is 0.0270. The summed E-state index contributed by atoms with van der Waals surface area (Å²) < 4.78 is 47.9. The van der Waals surface area contributed by atoms with Crippen molar-refractivity contribution in [1.29, 1.82) is 0 Å². The van der Waals surface area contributed by atoms with Crippen molar-refractivity contribution in [3.8, 4) is 23.0 Å². The summed E-state index contributed by atoms with van der Waals surface area (Å²) in [5.41, 5.74) is 3.31. The first-order chi connectivity index (χ1) is 18.2. The van der Waals surface area contributed by atoms with Gasteiger partial charge in [0.25, 0.3) is 5.91 Å².